The van der Waals surface area contributed by atoms with Gasteiger partial charge in [-0.2, -0.15) is 0 Å². The fraction of sp³-hybridized carbons (Fsp3) is 0.467. The molecule has 25 heavy (non-hydrogen) atoms. The van der Waals surface area contributed by atoms with Crippen LogP contribution in [0.25, 0.3) is 0 Å². The number of ether oxygens (including phenoxy) is 1. The molecule has 10 nitrogen and oxygen atoms in total. The maximum absolute atomic E-state index is 12.2. The first kappa shape index (κ1) is 18.3. The molecule has 0 atom stereocenters. The van der Waals surface area contributed by atoms with E-state index in [0.29, 0.717) is 18.1 Å². The Balaban J connectivity index is 2.10. The van der Waals surface area contributed by atoms with Gasteiger partial charge in [0, 0.05) is 26.7 Å². The standard InChI is InChI=1S/C15H20N6O4/c1-4-5-8-20-14(16-17-18-20)10-25-15(22)11-6-7-12(19(2)3)13(9-11)21(23)24/h6-7,9H,4-5,8,10H2,1-3H3. The van der Waals surface area contributed by atoms with Crippen molar-refractivity contribution in [1.82, 2.24) is 20.2 Å². The van der Waals surface area contributed by atoms with Gasteiger partial charge in [0.25, 0.3) is 5.69 Å². The molecule has 0 bridgehead atoms. The molecule has 2 rings (SSSR count). The average molecular weight is 348 g/mol. The molecule has 0 radical (unpaired) electrons. The van der Waals surface area contributed by atoms with Gasteiger partial charge in [0.1, 0.15) is 5.69 Å². The number of esters is 1. The van der Waals surface area contributed by atoms with E-state index >= 15 is 0 Å². The highest BCUT2D eigenvalue weighted by Gasteiger charge is 2.20. The van der Waals surface area contributed by atoms with Crippen LogP contribution in [0.1, 0.15) is 35.9 Å². The maximum atomic E-state index is 12.2. The number of benzene rings is 1. The summed E-state index contributed by atoms with van der Waals surface area (Å²) in [5.74, 6) is -0.236. The van der Waals surface area contributed by atoms with Crippen molar-refractivity contribution in [1.29, 1.82) is 0 Å². The summed E-state index contributed by atoms with van der Waals surface area (Å²) in [7, 11) is 3.38. The fourth-order valence-electron chi connectivity index (χ4n) is 2.20. The molecule has 2 aromatic rings. The highest BCUT2D eigenvalue weighted by molar-refractivity contribution is 5.91. The van der Waals surface area contributed by atoms with Crippen LogP contribution >= 0.6 is 0 Å². The molecule has 1 heterocycles. The zero-order valence-electron chi connectivity index (χ0n) is 14.4. The molecule has 0 N–H and O–H groups in total. The summed E-state index contributed by atoms with van der Waals surface area (Å²) in [5, 5.41) is 22.4. The van der Waals surface area contributed by atoms with Crippen molar-refractivity contribution in [3.8, 4) is 0 Å². The third kappa shape index (κ3) is 4.49. The second kappa shape index (κ2) is 8.18. The van der Waals surface area contributed by atoms with Crippen LogP contribution in [0.5, 0.6) is 0 Å². The quantitative estimate of drug-likeness (QED) is 0.403. The van der Waals surface area contributed by atoms with Crippen molar-refractivity contribution < 1.29 is 14.5 Å². The van der Waals surface area contributed by atoms with Crippen LogP contribution in [0.4, 0.5) is 11.4 Å². The van der Waals surface area contributed by atoms with Gasteiger partial charge in [0.15, 0.2) is 12.4 Å². The van der Waals surface area contributed by atoms with Crippen molar-refractivity contribution >= 4 is 17.3 Å². The maximum Gasteiger partial charge on any atom is 0.338 e. The molecule has 10 heteroatoms. The molecule has 1 aromatic heterocycles. The number of carbonyl (C=O) groups is 1. The zero-order valence-corrected chi connectivity index (χ0v) is 14.4. The Morgan fingerprint density at radius 1 is 1.40 bits per heavy atom. The fourth-order valence-corrected chi connectivity index (χ4v) is 2.20. The van der Waals surface area contributed by atoms with Gasteiger partial charge >= 0.3 is 5.97 Å². The van der Waals surface area contributed by atoms with E-state index in [4.69, 9.17) is 4.74 Å². The minimum absolute atomic E-state index is 0.0984. The number of nitrogens with zero attached hydrogens (tertiary/aromatic N) is 6. The number of nitro benzene ring substituents is 1. The van der Waals surface area contributed by atoms with Crippen molar-refractivity contribution in [3.63, 3.8) is 0 Å². The van der Waals surface area contributed by atoms with Crippen molar-refractivity contribution in [2.75, 3.05) is 19.0 Å². The Morgan fingerprint density at radius 2 is 2.16 bits per heavy atom. The Hall–Kier alpha value is -3.04. The molecule has 0 saturated heterocycles. The summed E-state index contributed by atoms with van der Waals surface area (Å²) >= 11 is 0. The lowest BCUT2D eigenvalue weighted by Crippen LogP contribution is -2.13. The predicted molar refractivity (Wildman–Crippen MR) is 89.3 cm³/mol. The average Bonchev–Trinajstić information content (AvgIpc) is 3.04. The first-order valence-electron chi connectivity index (χ1n) is 7.82. The number of hydrogen-bond donors (Lipinski definition) is 0. The molecule has 0 unspecified atom stereocenters. The molecule has 0 fully saturated rings. The minimum atomic E-state index is -0.668. The lowest BCUT2D eigenvalue weighted by Gasteiger charge is -2.13. The molecule has 0 amide bonds. The summed E-state index contributed by atoms with van der Waals surface area (Å²) < 4.78 is 6.77. The number of nitro groups is 1. The number of hydrogen-bond acceptors (Lipinski definition) is 8. The molecular formula is C15H20N6O4. The van der Waals surface area contributed by atoms with Crippen LogP contribution in [0.15, 0.2) is 18.2 Å². The van der Waals surface area contributed by atoms with E-state index in [-0.39, 0.29) is 17.9 Å². The lowest BCUT2D eigenvalue weighted by molar-refractivity contribution is -0.384. The number of carbonyl (C=O) groups excluding carboxylic acids is 1. The second-order valence-corrected chi connectivity index (χ2v) is 5.60. The molecular weight excluding hydrogens is 328 g/mol. The normalized spacial score (nSPS) is 10.5. The van der Waals surface area contributed by atoms with Gasteiger partial charge in [-0.25, -0.2) is 9.48 Å². The van der Waals surface area contributed by atoms with Gasteiger partial charge in [-0.3, -0.25) is 10.1 Å². The molecule has 1 aromatic carbocycles. The van der Waals surface area contributed by atoms with Crippen LogP contribution in [-0.2, 0) is 17.9 Å². The Morgan fingerprint density at radius 3 is 2.80 bits per heavy atom. The van der Waals surface area contributed by atoms with Gasteiger partial charge in [-0.1, -0.05) is 13.3 Å². The summed E-state index contributed by atoms with van der Waals surface area (Å²) in [5.41, 5.74) is 0.349. The van der Waals surface area contributed by atoms with Gasteiger partial charge in [-0.05, 0) is 29.0 Å². The molecule has 0 spiro atoms. The second-order valence-electron chi connectivity index (χ2n) is 5.60. The van der Waals surface area contributed by atoms with Crippen LogP contribution in [0, 0.1) is 10.1 Å². The zero-order chi connectivity index (χ0) is 18.4. The SMILES string of the molecule is CCCCn1nnnc1COC(=O)c1ccc(N(C)C)c([N+](=O)[O-])c1. The molecule has 0 aliphatic carbocycles. The van der Waals surface area contributed by atoms with Gasteiger partial charge in [-0.15, -0.1) is 5.10 Å². The van der Waals surface area contributed by atoms with E-state index in [2.05, 4.69) is 15.5 Å². The van der Waals surface area contributed by atoms with Crippen molar-refractivity contribution in [2.45, 2.75) is 32.9 Å². The van der Waals surface area contributed by atoms with E-state index in [1.54, 1.807) is 23.7 Å². The highest BCUT2D eigenvalue weighted by atomic mass is 16.6. The first-order chi connectivity index (χ1) is 11.9. The number of aryl methyl sites for hydroxylation is 1. The van der Waals surface area contributed by atoms with E-state index in [1.807, 2.05) is 6.92 Å². The monoisotopic (exact) mass is 348 g/mol. The number of unbranched alkanes of at least 4 members (excludes halogenated alkanes) is 1. The Labute approximate surface area is 144 Å². The summed E-state index contributed by atoms with van der Waals surface area (Å²) in [6.07, 6.45) is 1.89. The number of tetrazole rings is 1. The topological polar surface area (TPSA) is 116 Å². The third-order valence-electron chi connectivity index (χ3n) is 3.55. The Bertz CT molecular complexity index is 758. The lowest BCUT2D eigenvalue weighted by atomic mass is 10.1. The van der Waals surface area contributed by atoms with Crippen molar-refractivity contribution in [2.24, 2.45) is 0 Å². The number of rotatable bonds is 8. The van der Waals surface area contributed by atoms with Crippen LogP contribution in [-0.4, -0.2) is 45.2 Å². The molecule has 0 aliphatic heterocycles. The number of anilines is 1. The minimum Gasteiger partial charge on any atom is -0.454 e. The molecule has 0 aliphatic rings. The number of aromatic nitrogens is 4. The first-order valence-corrected chi connectivity index (χ1v) is 7.82. The Kier molecular flexibility index (Phi) is 5.98. The van der Waals surface area contributed by atoms with Gasteiger partial charge in [0.2, 0.25) is 0 Å². The summed E-state index contributed by atoms with van der Waals surface area (Å²) in [6, 6.07) is 4.21. The van der Waals surface area contributed by atoms with Gasteiger partial charge in [0.05, 0.1) is 10.5 Å². The highest BCUT2D eigenvalue weighted by Crippen LogP contribution is 2.28. The van der Waals surface area contributed by atoms with Crippen LogP contribution < -0.4 is 4.90 Å². The van der Waals surface area contributed by atoms with Crippen LogP contribution in [0.2, 0.25) is 0 Å². The van der Waals surface area contributed by atoms with E-state index in [9.17, 15) is 14.9 Å². The largest absolute Gasteiger partial charge is 0.454 e. The van der Waals surface area contributed by atoms with E-state index < -0.39 is 10.9 Å². The summed E-state index contributed by atoms with van der Waals surface area (Å²) in [4.78, 5) is 24.4. The van der Waals surface area contributed by atoms with Gasteiger partial charge < -0.3 is 9.64 Å². The van der Waals surface area contributed by atoms with Crippen LogP contribution in [0.3, 0.4) is 0 Å². The van der Waals surface area contributed by atoms with Crippen molar-refractivity contribution in [3.05, 3.63) is 39.7 Å². The smallest absolute Gasteiger partial charge is 0.338 e. The third-order valence-corrected chi connectivity index (χ3v) is 3.55. The summed E-state index contributed by atoms with van der Waals surface area (Å²) in [6.45, 7) is 2.59. The predicted octanol–water partition coefficient (Wildman–Crippen LogP) is 1.80. The van der Waals surface area contributed by atoms with E-state index in [1.165, 1.54) is 18.2 Å². The molecule has 0 saturated carbocycles. The van der Waals surface area contributed by atoms with E-state index in [0.717, 1.165) is 12.8 Å². The molecule has 134 valence electrons.